The molecule has 0 saturated heterocycles. The van der Waals surface area contributed by atoms with Crippen molar-refractivity contribution in [1.82, 2.24) is 0 Å². The molecule has 0 aliphatic carbocycles. The van der Waals surface area contributed by atoms with Crippen LogP contribution in [0.4, 0.5) is 0 Å². The van der Waals surface area contributed by atoms with E-state index in [4.69, 9.17) is 0 Å². The SMILES string of the molecule is CC(=O)C(=O)[C@](O)(C(C)=O)[C@@](O)(C(C)=O)[C@](O)(CO)C(C)=O. The van der Waals surface area contributed by atoms with Crippen molar-refractivity contribution in [3.05, 3.63) is 0 Å². The fourth-order valence-corrected chi connectivity index (χ4v) is 2.16. The molecule has 0 aromatic rings. The first kappa shape index (κ1) is 20.2. The highest BCUT2D eigenvalue weighted by Crippen LogP contribution is 2.37. The van der Waals surface area contributed by atoms with Gasteiger partial charge in [0.15, 0.2) is 28.7 Å². The third kappa shape index (κ3) is 2.41. The monoisotopic (exact) mass is 318 g/mol. The van der Waals surface area contributed by atoms with Gasteiger partial charge in [0.25, 0.3) is 0 Å². The molecule has 9 nitrogen and oxygen atoms in total. The van der Waals surface area contributed by atoms with E-state index in [1.807, 2.05) is 0 Å². The quantitative estimate of drug-likeness (QED) is 0.271. The molecule has 0 heterocycles. The summed E-state index contributed by atoms with van der Waals surface area (Å²) in [7, 11) is 0. The molecule has 0 amide bonds. The van der Waals surface area contributed by atoms with Crippen LogP contribution in [0.5, 0.6) is 0 Å². The largest absolute Gasteiger partial charge is 0.393 e. The Labute approximate surface area is 125 Å². The molecule has 0 saturated carbocycles. The maximum absolute atomic E-state index is 11.9. The minimum Gasteiger partial charge on any atom is -0.393 e. The topological polar surface area (TPSA) is 166 Å². The molecule has 0 spiro atoms. The molecule has 4 N–H and O–H groups in total. The van der Waals surface area contributed by atoms with Crippen LogP contribution in [0.3, 0.4) is 0 Å². The van der Waals surface area contributed by atoms with Crippen molar-refractivity contribution >= 4 is 28.9 Å². The zero-order valence-corrected chi connectivity index (χ0v) is 12.5. The second-order valence-electron chi connectivity index (χ2n) is 4.99. The summed E-state index contributed by atoms with van der Waals surface area (Å²) in [6.07, 6.45) is 0. The zero-order valence-electron chi connectivity index (χ0n) is 12.5. The van der Waals surface area contributed by atoms with Crippen LogP contribution in [-0.2, 0) is 24.0 Å². The highest BCUT2D eigenvalue weighted by molar-refractivity contribution is 6.45. The summed E-state index contributed by atoms with van der Waals surface area (Å²) < 4.78 is 0. The van der Waals surface area contributed by atoms with Crippen molar-refractivity contribution in [2.75, 3.05) is 6.61 Å². The van der Waals surface area contributed by atoms with Crippen molar-refractivity contribution in [2.45, 2.75) is 44.5 Å². The molecule has 0 aromatic carbocycles. The van der Waals surface area contributed by atoms with Gasteiger partial charge in [0, 0.05) is 6.92 Å². The predicted molar refractivity (Wildman–Crippen MR) is 69.7 cm³/mol. The van der Waals surface area contributed by atoms with E-state index < -0.39 is 52.3 Å². The van der Waals surface area contributed by atoms with Gasteiger partial charge in [0.05, 0.1) is 6.61 Å². The Balaban J connectivity index is 6.88. The molecule has 0 aliphatic rings. The first-order valence-electron chi connectivity index (χ1n) is 6.11. The molecular weight excluding hydrogens is 300 g/mol. The fourth-order valence-electron chi connectivity index (χ4n) is 2.16. The Morgan fingerprint density at radius 2 is 1.18 bits per heavy atom. The van der Waals surface area contributed by atoms with Gasteiger partial charge in [-0.25, -0.2) is 0 Å². The molecule has 9 heteroatoms. The van der Waals surface area contributed by atoms with Crippen LogP contribution in [0.25, 0.3) is 0 Å². The van der Waals surface area contributed by atoms with Crippen LogP contribution >= 0.6 is 0 Å². The number of aliphatic hydroxyl groups excluding tert-OH is 1. The Hall–Kier alpha value is -1.81. The van der Waals surface area contributed by atoms with Gasteiger partial charge >= 0.3 is 0 Å². The summed E-state index contributed by atoms with van der Waals surface area (Å²) in [6, 6.07) is 0. The minimum atomic E-state index is -3.74. The van der Waals surface area contributed by atoms with Crippen molar-refractivity contribution in [3.8, 4) is 0 Å². The van der Waals surface area contributed by atoms with Crippen LogP contribution in [-0.4, -0.2) is 72.8 Å². The summed E-state index contributed by atoms with van der Waals surface area (Å²) in [4.78, 5) is 58.2. The summed E-state index contributed by atoms with van der Waals surface area (Å²) >= 11 is 0. The molecule has 0 aromatic heterocycles. The van der Waals surface area contributed by atoms with Crippen molar-refractivity contribution in [2.24, 2.45) is 0 Å². The van der Waals surface area contributed by atoms with E-state index >= 15 is 0 Å². The smallest absolute Gasteiger partial charge is 0.240 e. The molecule has 0 bridgehead atoms. The highest BCUT2D eigenvalue weighted by Gasteiger charge is 2.72. The van der Waals surface area contributed by atoms with E-state index in [0.29, 0.717) is 27.7 Å². The number of hydrogen-bond donors (Lipinski definition) is 4. The number of rotatable bonds is 8. The summed E-state index contributed by atoms with van der Waals surface area (Å²) in [5, 5.41) is 40.1. The first-order valence-corrected chi connectivity index (χ1v) is 6.11. The summed E-state index contributed by atoms with van der Waals surface area (Å²) in [5.74, 6) is -7.82. The van der Waals surface area contributed by atoms with Crippen LogP contribution in [0.15, 0.2) is 0 Å². The first-order chi connectivity index (χ1) is 9.74. The van der Waals surface area contributed by atoms with Gasteiger partial charge in [0.2, 0.25) is 17.0 Å². The number of carbonyl (C=O) groups excluding carboxylic acids is 5. The average molecular weight is 318 g/mol. The maximum Gasteiger partial charge on any atom is 0.240 e. The predicted octanol–water partition coefficient (Wildman–Crippen LogP) is -2.90. The van der Waals surface area contributed by atoms with Crippen LogP contribution in [0, 0.1) is 0 Å². The van der Waals surface area contributed by atoms with E-state index in [-0.39, 0.29) is 0 Å². The average Bonchev–Trinajstić information content (AvgIpc) is 2.42. The number of carbonyl (C=O) groups is 5. The Morgan fingerprint density at radius 1 is 0.773 bits per heavy atom. The lowest BCUT2D eigenvalue weighted by molar-refractivity contribution is -0.231. The Bertz CT molecular complexity index is 552. The molecule has 0 aliphatic heterocycles. The summed E-state index contributed by atoms with van der Waals surface area (Å²) in [6.45, 7) is 0.877. The molecule has 124 valence electrons. The van der Waals surface area contributed by atoms with Crippen molar-refractivity contribution in [1.29, 1.82) is 0 Å². The van der Waals surface area contributed by atoms with Crippen molar-refractivity contribution < 1.29 is 44.4 Å². The van der Waals surface area contributed by atoms with E-state index in [1.165, 1.54) is 0 Å². The molecule has 0 fully saturated rings. The number of Topliss-reactive ketones (excluding diaryl/α,β-unsaturated/α-hetero) is 5. The number of ketones is 5. The second-order valence-corrected chi connectivity index (χ2v) is 4.99. The molecule has 0 radical (unpaired) electrons. The van der Waals surface area contributed by atoms with Crippen molar-refractivity contribution in [3.63, 3.8) is 0 Å². The molecule has 0 rings (SSSR count). The van der Waals surface area contributed by atoms with E-state index in [1.54, 1.807) is 0 Å². The Morgan fingerprint density at radius 3 is 1.36 bits per heavy atom. The standard InChI is InChI=1S/C13H18O9/c1-6(15)10(19)12(21,8(3)17)13(22,9(4)18)11(20,5-14)7(2)16/h14,20-22H,5H2,1-4H3/t11-,12+,13+/m0/s1. The lowest BCUT2D eigenvalue weighted by atomic mass is 9.63. The van der Waals surface area contributed by atoms with Gasteiger partial charge in [0.1, 0.15) is 0 Å². The molecule has 0 unspecified atom stereocenters. The maximum atomic E-state index is 11.9. The van der Waals surface area contributed by atoms with Crippen LogP contribution in [0.1, 0.15) is 27.7 Å². The number of hydrogen-bond acceptors (Lipinski definition) is 9. The van der Waals surface area contributed by atoms with Gasteiger partial charge in [-0.3, -0.25) is 24.0 Å². The van der Waals surface area contributed by atoms with E-state index in [2.05, 4.69) is 0 Å². The third-order valence-corrected chi connectivity index (χ3v) is 3.60. The van der Waals surface area contributed by atoms with Gasteiger partial charge < -0.3 is 20.4 Å². The fraction of sp³-hybridized carbons (Fsp3) is 0.615. The normalized spacial score (nSPS) is 19.3. The molecule has 3 atom stereocenters. The number of aliphatic hydroxyl groups is 4. The van der Waals surface area contributed by atoms with Gasteiger partial charge in [-0.05, 0) is 20.8 Å². The van der Waals surface area contributed by atoms with E-state index in [9.17, 15) is 44.4 Å². The second kappa shape index (κ2) is 6.13. The minimum absolute atomic E-state index is 0.574. The van der Waals surface area contributed by atoms with Gasteiger partial charge in [-0.2, -0.15) is 0 Å². The lowest BCUT2D eigenvalue weighted by Gasteiger charge is -2.46. The zero-order chi connectivity index (χ0) is 18.1. The molecular formula is C13H18O9. The van der Waals surface area contributed by atoms with Gasteiger partial charge in [-0.1, -0.05) is 0 Å². The Kier molecular flexibility index (Phi) is 5.62. The third-order valence-electron chi connectivity index (χ3n) is 3.60. The van der Waals surface area contributed by atoms with Gasteiger partial charge in [-0.15, -0.1) is 0 Å². The molecule has 22 heavy (non-hydrogen) atoms. The summed E-state index contributed by atoms with van der Waals surface area (Å²) in [5.41, 5.74) is -10.8. The van der Waals surface area contributed by atoms with E-state index in [0.717, 1.165) is 0 Å². The van der Waals surface area contributed by atoms with Crippen LogP contribution in [0.2, 0.25) is 0 Å². The highest BCUT2D eigenvalue weighted by atomic mass is 16.4. The van der Waals surface area contributed by atoms with Crippen LogP contribution < -0.4 is 0 Å². The lowest BCUT2D eigenvalue weighted by Crippen LogP contribution is -2.79.